The summed E-state index contributed by atoms with van der Waals surface area (Å²) < 4.78 is 29.8. The molecule has 4 aromatic rings. The highest BCUT2D eigenvalue weighted by Gasteiger charge is 2.28. The normalized spacial score (nSPS) is 14.5. The third kappa shape index (κ3) is 4.34. The number of hydrogen-bond donors (Lipinski definition) is 0. The zero-order chi connectivity index (χ0) is 24.7. The summed E-state index contributed by atoms with van der Waals surface area (Å²) in [5, 5.41) is 4.69. The van der Waals surface area contributed by atoms with Crippen LogP contribution in [-0.4, -0.2) is 56.6 Å². The highest BCUT2D eigenvalue weighted by atomic mass is 19.1. The summed E-state index contributed by atoms with van der Waals surface area (Å²) in [4.78, 5) is 25.0. The zero-order valence-corrected chi connectivity index (χ0v) is 19.9. The van der Waals surface area contributed by atoms with Crippen molar-refractivity contribution in [3.63, 3.8) is 0 Å². The molecule has 1 amide bonds. The maximum absolute atomic E-state index is 14.0. The molecule has 2 aromatic heterocycles. The minimum atomic E-state index is -0.853. The highest BCUT2D eigenvalue weighted by molar-refractivity contribution is 5.95. The minimum Gasteiger partial charge on any atom is -0.336 e. The second-order valence-corrected chi connectivity index (χ2v) is 9.66. The van der Waals surface area contributed by atoms with Crippen LogP contribution >= 0.6 is 0 Å². The van der Waals surface area contributed by atoms with Crippen LogP contribution in [0.3, 0.4) is 0 Å². The first kappa shape index (κ1) is 22.9. The molecular formula is C26H26F2N6O. The summed E-state index contributed by atoms with van der Waals surface area (Å²) in [6.45, 7) is 8.01. The molecule has 1 aliphatic heterocycles. The Bertz CT molecular complexity index is 1370. The number of anilines is 1. The van der Waals surface area contributed by atoms with Crippen LogP contribution in [0, 0.1) is 11.6 Å². The highest BCUT2D eigenvalue weighted by Crippen LogP contribution is 2.27. The van der Waals surface area contributed by atoms with Crippen molar-refractivity contribution in [1.82, 2.24) is 24.5 Å². The fourth-order valence-corrected chi connectivity index (χ4v) is 4.25. The molecule has 0 bridgehead atoms. The van der Waals surface area contributed by atoms with Gasteiger partial charge in [0.1, 0.15) is 17.2 Å². The van der Waals surface area contributed by atoms with Gasteiger partial charge in [-0.1, -0.05) is 51.1 Å². The van der Waals surface area contributed by atoms with Gasteiger partial charge in [0.25, 0.3) is 11.7 Å². The molecule has 5 rings (SSSR count). The molecule has 0 N–H and O–H groups in total. The van der Waals surface area contributed by atoms with E-state index in [1.54, 1.807) is 10.7 Å². The summed E-state index contributed by atoms with van der Waals surface area (Å²) >= 11 is 0. The van der Waals surface area contributed by atoms with Crippen LogP contribution in [0.2, 0.25) is 0 Å². The number of fused-ring (bicyclic) bond motifs is 1. The lowest BCUT2D eigenvalue weighted by atomic mass is 9.86. The predicted molar refractivity (Wildman–Crippen MR) is 129 cm³/mol. The smallest absolute Gasteiger partial charge is 0.259 e. The Kier molecular flexibility index (Phi) is 5.70. The van der Waals surface area contributed by atoms with Crippen molar-refractivity contribution in [2.45, 2.75) is 26.2 Å². The van der Waals surface area contributed by atoms with Gasteiger partial charge < -0.3 is 9.80 Å². The molecule has 0 radical (unpaired) electrons. The number of rotatable bonds is 3. The number of carbonyl (C=O) groups excluding carboxylic acids is 1. The molecule has 180 valence electrons. The van der Waals surface area contributed by atoms with Crippen molar-refractivity contribution in [3.8, 4) is 11.3 Å². The van der Waals surface area contributed by atoms with E-state index in [1.807, 2.05) is 11.0 Å². The number of benzene rings is 2. The van der Waals surface area contributed by atoms with Gasteiger partial charge in [-0.05, 0) is 29.2 Å². The number of piperazine rings is 1. The van der Waals surface area contributed by atoms with E-state index in [2.05, 4.69) is 60.1 Å². The average Bonchev–Trinajstić information content (AvgIpc) is 3.28. The molecular weight excluding hydrogens is 450 g/mol. The van der Waals surface area contributed by atoms with Crippen LogP contribution < -0.4 is 4.90 Å². The van der Waals surface area contributed by atoms with Crippen molar-refractivity contribution < 1.29 is 13.6 Å². The van der Waals surface area contributed by atoms with Crippen LogP contribution in [0.1, 0.15) is 36.7 Å². The number of halogens is 2. The summed E-state index contributed by atoms with van der Waals surface area (Å²) in [6, 6.07) is 13.7. The molecule has 0 aliphatic carbocycles. The van der Waals surface area contributed by atoms with E-state index < -0.39 is 23.1 Å². The fourth-order valence-electron chi connectivity index (χ4n) is 4.25. The summed E-state index contributed by atoms with van der Waals surface area (Å²) in [6.07, 6.45) is 1.71. The van der Waals surface area contributed by atoms with E-state index in [1.165, 1.54) is 16.5 Å². The molecule has 0 spiro atoms. The first-order valence-corrected chi connectivity index (χ1v) is 11.5. The van der Waals surface area contributed by atoms with E-state index >= 15 is 0 Å². The molecule has 1 aliphatic rings. The van der Waals surface area contributed by atoms with E-state index in [4.69, 9.17) is 0 Å². The zero-order valence-electron chi connectivity index (χ0n) is 19.9. The standard InChI is InChI=1S/C26H26F2N6O/c1-26(2,3)18-9-7-17(8-10-18)21-11-12-29-24-30-25(31-34(21)24)33-15-13-32(14-16-33)23(35)22-19(27)5-4-6-20(22)28/h4-12H,13-16H2,1-3H3. The Balaban J connectivity index is 1.35. The predicted octanol–water partition coefficient (Wildman–Crippen LogP) is 4.33. The lowest BCUT2D eigenvalue weighted by molar-refractivity contribution is 0.0736. The van der Waals surface area contributed by atoms with Gasteiger partial charge in [-0.3, -0.25) is 4.79 Å². The lowest BCUT2D eigenvalue weighted by Gasteiger charge is -2.34. The van der Waals surface area contributed by atoms with Gasteiger partial charge in [-0.15, -0.1) is 5.10 Å². The molecule has 0 unspecified atom stereocenters. The quantitative estimate of drug-likeness (QED) is 0.440. The topological polar surface area (TPSA) is 66.6 Å². The first-order valence-electron chi connectivity index (χ1n) is 11.5. The van der Waals surface area contributed by atoms with E-state index in [9.17, 15) is 13.6 Å². The number of hydrogen-bond acceptors (Lipinski definition) is 5. The second-order valence-electron chi connectivity index (χ2n) is 9.66. The van der Waals surface area contributed by atoms with Crippen molar-refractivity contribution in [3.05, 3.63) is 77.5 Å². The number of nitrogens with zero attached hydrogens (tertiary/aromatic N) is 6. The third-order valence-electron chi connectivity index (χ3n) is 6.30. The Hall–Kier alpha value is -3.88. The third-order valence-corrected chi connectivity index (χ3v) is 6.30. The largest absolute Gasteiger partial charge is 0.336 e. The monoisotopic (exact) mass is 476 g/mol. The number of aromatic nitrogens is 4. The van der Waals surface area contributed by atoms with Crippen molar-refractivity contribution in [2.75, 3.05) is 31.1 Å². The summed E-state index contributed by atoms with van der Waals surface area (Å²) in [5.41, 5.74) is 2.67. The van der Waals surface area contributed by atoms with E-state index in [0.717, 1.165) is 23.4 Å². The van der Waals surface area contributed by atoms with Crippen LogP contribution in [0.4, 0.5) is 14.7 Å². The van der Waals surface area contributed by atoms with Crippen LogP contribution in [0.25, 0.3) is 17.0 Å². The second kappa shape index (κ2) is 8.72. The molecule has 2 aromatic carbocycles. The Morgan fingerprint density at radius 2 is 1.57 bits per heavy atom. The minimum absolute atomic E-state index is 0.0636. The molecule has 1 fully saturated rings. The van der Waals surface area contributed by atoms with Gasteiger partial charge in [0.2, 0.25) is 5.95 Å². The van der Waals surface area contributed by atoms with E-state index in [-0.39, 0.29) is 5.41 Å². The molecule has 35 heavy (non-hydrogen) atoms. The van der Waals surface area contributed by atoms with Crippen molar-refractivity contribution in [1.29, 1.82) is 0 Å². The van der Waals surface area contributed by atoms with Crippen molar-refractivity contribution in [2.24, 2.45) is 0 Å². The molecule has 1 saturated heterocycles. The number of amides is 1. The Morgan fingerprint density at radius 1 is 0.914 bits per heavy atom. The SMILES string of the molecule is CC(C)(C)c1ccc(-c2ccnc3nc(N4CCN(C(=O)c5c(F)cccc5F)CC4)nn23)cc1. The van der Waals surface area contributed by atoms with Crippen LogP contribution in [0.5, 0.6) is 0 Å². The number of carbonyl (C=O) groups is 1. The molecule has 7 nitrogen and oxygen atoms in total. The Labute approximate surface area is 202 Å². The maximum atomic E-state index is 14.0. The molecule has 0 atom stereocenters. The van der Waals surface area contributed by atoms with Gasteiger partial charge >= 0.3 is 0 Å². The first-order chi connectivity index (χ1) is 16.7. The van der Waals surface area contributed by atoms with Gasteiger partial charge in [0.15, 0.2) is 0 Å². The van der Waals surface area contributed by atoms with Gasteiger partial charge in [0.05, 0.1) is 5.69 Å². The molecule has 9 heteroatoms. The van der Waals surface area contributed by atoms with Gasteiger partial charge in [0, 0.05) is 37.9 Å². The average molecular weight is 477 g/mol. The summed E-state index contributed by atoms with van der Waals surface area (Å²) in [7, 11) is 0. The maximum Gasteiger partial charge on any atom is 0.259 e. The van der Waals surface area contributed by atoms with Gasteiger partial charge in [-0.2, -0.15) is 9.50 Å². The Morgan fingerprint density at radius 3 is 2.20 bits per heavy atom. The van der Waals surface area contributed by atoms with Crippen LogP contribution in [-0.2, 0) is 5.41 Å². The van der Waals surface area contributed by atoms with Crippen molar-refractivity contribution >= 4 is 17.6 Å². The summed E-state index contributed by atoms with van der Waals surface area (Å²) in [5.74, 6) is -1.38. The van der Waals surface area contributed by atoms with Crippen LogP contribution in [0.15, 0.2) is 54.7 Å². The van der Waals surface area contributed by atoms with Gasteiger partial charge in [-0.25, -0.2) is 13.8 Å². The molecule has 0 saturated carbocycles. The lowest BCUT2D eigenvalue weighted by Crippen LogP contribution is -2.49. The van der Waals surface area contributed by atoms with E-state index in [0.29, 0.717) is 37.9 Å². The molecule has 3 heterocycles. The fraction of sp³-hybridized carbons (Fsp3) is 0.308.